The van der Waals surface area contributed by atoms with Gasteiger partial charge in [0.15, 0.2) is 6.61 Å². The minimum absolute atomic E-state index is 0.0454. The molecule has 8 heteroatoms. The van der Waals surface area contributed by atoms with Crippen LogP contribution in [0.25, 0.3) is 0 Å². The van der Waals surface area contributed by atoms with Crippen LogP contribution >= 0.6 is 11.6 Å². The number of hydrogen-bond acceptors (Lipinski definition) is 4. The molecule has 1 amide bonds. The summed E-state index contributed by atoms with van der Waals surface area (Å²) in [6, 6.07) is 3.24. The average molecular weight is 340 g/mol. The van der Waals surface area contributed by atoms with Gasteiger partial charge in [0.25, 0.3) is 12.3 Å². The maximum absolute atomic E-state index is 12.3. The lowest BCUT2D eigenvalue weighted by molar-refractivity contribution is 0.0763. The Morgan fingerprint density at radius 2 is 2.22 bits per heavy atom. The third kappa shape index (κ3) is 3.39. The van der Waals surface area contributed by atoms with Crippen LogP contribution in [0, 0.1) is 0 Å². The number of ether oxygens (including phenoxy) is 1. The van der Waals surface area contributed by atoms with Gasteiger partial charge in [0, 0.05) is 42.8 Å². The number of nitrogens with zero attached hydrogens (tertiary/aromatic N) is 3. The van der Waals surface area contributed by atoms with E-state index in [2.05, 4.69) is 9.97 Å². The first-order valence-corrected chi connectivity index (χ1v) is 7.20. The van der Waals surface area contributed by atoms with Crippen molar-refractivity contribution in [2.24, 2.45) is 0 Å². The minimum Gasteiger partial charge on any atom is -0.471 e. The van der Waals surface area contributed by atoms with E-state index in [1.807, 2.05) is 0 Å². The summed E-state index contributed by atoms with van der Waals surface area (Å²) in [7, 11) is 0. The fourth-order valence-electron chi connectivity index (χ4n) is 2.36. The molecule has 0 unspecified atom stereocenters. The molecule has 0 fully saturated rings. The van der Waals surface area contributed by atoms with E-state index >= 15 is 0 Å². The van der Waals surface area contributed by atoms with E-state index in [1.165, 1.54) is 6.20 Å². The monoisotopic (exact) mass is 339 g/mol. The van der Waals surface area contributed by atoms with Crippen LogP contribution in [-0.4, -0.2) is 33.8 Å². The molecule has 3 heterocycles. The summed E-state index contributed by atoms with van der Waals surface area (Å²) >= 11 is 5.98. The lowest BCUT2D eigenvalue weighted by Gasteiger charge is -2.16. The molecule has 5 nitrogen and oxygen atoms in total. The maximum atomic E-state index is 12.3. The summed E-state index contributed by atoms with van der Waals surface area (Å²) in [5.41, 5.74) is 2.19. The Hall–Kier alpha value is -2.28. The van der Waals surface area contributed by atoms with Crippen molar-refractivity contribution in [2.75, 3.05) is 6.61 Å². The Kier molecular flexibility index (Phi) is 4.38. The molecular weight excluding hydrogens is 328 g/mol. The van der Waals surface area contributed by atoms with Gasteiger partial charge in [-0.2, -0.15) is 0 Å². The quantitative estimate of drug-likeness (QED) is 0.840. The van der Waals surface area contributed by atoms with Crippen molar-refractivity contribution in [1.82, 2.24) is 14.9 Å². The van der Waals surface area contributed by atoms with Crippen molar-refractivity contribution in [1.29, 1.82) is 0 Å². The molecule has 0 atom stereocenters. The standard InChI is InChI=1S/C15H12ClF2N3O2/c16-12-3-9(4-20-14(12)23-8-13(17)18)6-21-7-10-5-19-2-1-11(10)15(21)22/h1-5,13H,6-8H2. The van der Waals surface area contributed by atoms with E-state index in [0.717, 1.165) is 5.56 Å². The van der Waals surface area contributed by atoms with E-state index in [9.17, 15) is 13.6 Å². The number of carbonyl (C=O) groups is 1. The van der Waals surface area contributed by atoms with Gasteiger partial charge in [0.2, 0.25) is 5.88 Å². The molecule has 0 saturated carbocycles. The van der Waals surface area contributed by atoms with Crippen LogP contribution in [0.2, 0.25) is 5.02 Å². The molecule has 2 aromatic rings. The van der Waals surface area contributed by atoms with Gasteiger partial charge in [-0.25, -0.2) is 13.8 Å². The second kappa shape index (κ2) is 6.45. The fourth-order valence-corrected chi connectivity index (χ4v) is 2.60. The molecule has 0 bridgehead atoms. The van der Waals surface area contributed by atoms with Gasteiger partial charge in [-0.05, 0) is 17.7 Å². The highest BCUT2D eigenvalue weighted by atomic mass is 35.5. The SMILES string of the molecule is O=C1c2ccncc2CN1Cc1cnc(OCC(F)F)c(Cl)c1. The molecule has 1 aliphatic heterocycles. The zero-order valence-corrected chi connectivity index (χ0v) is 12.6. The molecule has 120 valence electrons. The maximum Gasteiger partial charge on any atom is 0.272 e. The normalized spacial score (nSPS) is 13.6. The molecule has 0 spiro atoms. The molecular formula is C15H12ClF2N3O2. The molecule has 1 aliphatic rings. The van der Waals surface area contributed by atoms with Gasteiger partial charge < -0.3 is 9.64 Å². The lowest BCUT2D eigenvalue weighted by atomic mass is 10.2. The first-order chi connectivity index (χ1) is 11.0. The third-order valence-corrected chi connectivity index (χ3v) is 3.64. The predicted molar refractivity (Wildman–Crippen MR) is 78.6 cm³/mol. The van der Waals surface area contributed by atoms with E-state index in [4.69, 9.17) is 16.3 Å². The second-order valence-corrected chi connectivity index (χ2v) is 5.43. The average Bonchev–Trinajstić information content (AvgIpc) is 2.83. The number of alkyl halides is 2. The van der Waals surface area contributed by atoms with Gasteiger partial charge >= 0.3 is 0 Å². The van der Waals surface area contributed by atoms with Gasteiger partial charge in [0.1, 0.15) is 5.02 Å². The van der Waals surface area contributed by atoms with Crippen LogP contribution in [-0.2, 0) is 13.1 Å². The summed E-state index contributed by atoms with van der Waals surface area (Å²) in [5, 5.41) is 0.133. The number of amides is 1. The smallest absolute Gasteiger partial charge is 0.272 e. The van der Waals surface area contributed by atoms with Gasteiger partial charge in [-0.1, -0.05) is 11.6 Å². The minimum atomic E-state index is -2.60. The Morgan fingerprint density at radius 1 is 1.39 bits per heavy atom. The van der Waals surface area contributed by atoms with Gasteiger partial charge in [-0.3, -0.25) is 9.78 Å². The Labute approximate surface area is 135 Å². The zero-order chi connectivity index (χ0) is 16.4. The number of pyridine rings is 2. The zero-order valence-electron chi connectivity index (χ0n) is 11.9. The molecule has 0 radical (unpaired) electrons. The van der Waals surface area contributed by atoms with Crippen LogP contribution < -0.4 is 4.74 Å². The Bertz CT molecular complexity index is 742. The Balaban J connectivity index is 1.70. The number of hydrogen-bond donors (Lipinski definition) is 0. The number of rotatable bonds is 5. The van der Waals surface area contributed by atoms with Crippen molar-refractivity contribution in [3.63, 3.8) is 0 Å². The largest absolute Gasteiger partial charge is 0.471 e. The van der Waals surface area contributed by atoms with Gasteiger partial charge in [0.05, 0.1) is 0 Å². The topological polar surface area (TPSA) is 55.3 Å². The van der Waals surface area contributed by atoms with Crippen molar-refractivity contribution < 1.29 is 18.3 Å². The van der Waals surface area contributed by atoms with Crippen molar-refractivity contribution in [2.45, 2.75) is 19.5 Å². The molecule has 3 rings (SSSR count). The summed E-state index contributed by atoms with van der Waals surface area (Å²) in [4.78, 5) is 21.8. The summed E-state index contributed by atoms with van der Waals surface area (Å²) in [6.07, 6.45) is 2.11. The van der Waals surface area contributed by atoms with Crippen LogP contribution in [0.5, 0.6) is 5.88 Å². The van der Waals surface area contributed by atoms with Crippen LogP contribution in [0.15, 0.2) is 30.7 Å². The van der Waals surface area contributed by atoms with E-state index < -0.39 is 13.0 Å². The summed E-state index contributed by atoms with van der Waals surface area (Å²) < 4.78 is 29.1. The van der Waals surface area contributed by atoms with Crippen molar-refractivity contribution in [3.8, 4) is 5.88 Å². The highest BCUT2D eigenvalue weighted by Crippen LogP contribution is 2.26. The summed E-state index contributed by atoms with van der Waals surface area (Å²) in [6.45, 7) is 0.0115. The number of carbonyl (C=O) groups excluding carboxylic acids is 1. The second-order valence-electron chi connectivity index (χ2n) is 5.03. The van der Waals surface area contributed by atoms with E-state index in [0.29, 0.717) is 24.2 Å². The molecule has 0 saturated heterocycles. The highest BCUT2D eigenvalue weighted by Gasteiger charge is 2.27. The third-order valence-electron chi connectivity index (χ3n) is 3.37. The molecule has 0 N–H and O–H groups in total. The molecule has 0 aliphatic carbocycles. The fraction of sp³-hybridized carbons (Fsp3) is 0.267. The molecule has 23 heavy (non-hydrogen) atoms. The number of fused-ring (bicyclic) bond motifs is 1. The van der Waals surface area contributed by atoms with Gasteiger partial charge in [-0.15, -0.1) is 0 Å². The molecule has 2 aromatic heterocycles. The number of aromatic nitrogens is 2. The van der Waals surface area contributed by atoms with E-state index in [1.54, 1.807) is 29.4 Å². The number of halogens is 3. The summed E-state index contributed by atoms with van der Waals surface area (Å²) in [5.74, 6) is -0.132. The highest BCUT2D eigenvalue weighted by molar-refractivity contribution is 6.31. The first-order valence-electron chi connectivity index (χ1n) is 6.82. The van der Waals surface area contributed by atoms with E-state index in [-0.39, 0.29) is 16.8 Å². The van der Waals surface area contributed by atoms with Crippen molar-refractivity contribution in [3.05, 3.63) is 52.4 Å². The molecule has 0 aromatic carbocycles. The Morgan fingerprint density at radius 3 is 2.91 bits per heavy atom. The van der Waals surface area contributed by atoms with Crippen molar-refractivity contribution >= 4 is 17.5 Å². The van der Waals surface area contributed by atoms with Crippen LogP contribution in [0.4, 0.5) is 8.78 Å². The van der Waals surface area contributed by atoms with Crippen LogP contribution in [0.1, 0.15) is 21.5 Å². The first kappa shape index (κ1) is 15.6. The predicted octanol–water partition coefficient (Wildman–Crippen LogP) is 2.93. The lowest BCUT2D eigenvalue weighted by Crippen LogP contribution is -2.23. The van der Waals surface area contributed by atoms with Crippen LogP contribution in [0.3, 0.4) is 0 Å².